The number of nitrogens with one attached hydrogen (secondary N) is 1. The molecule has 0 amide bonds. The highest BCUT2D eigenvalue weighted by molar-refractivity contribution is 9.11. The quantitative estimate of drug-likeness (QED) is 0.848. The topological polar surface area (TPSA) is 55.0 Å². The molecule has 0 aliphatic heterocycles. The minimum atomic E-state index is -0.394. The number of hydrogen-bond acceptors (Lipinski definition) is 3. The molecule has 84 valence electrons. The van der Waals surface area contributed by atoms with E-state index in [0.717, 1.165) is 14.3 Å². The summed E-state index contributed by atoms with van der Waals surface area (Å²) in [6.45, 7) is 2.11. The van der Waals surface area contributed by atoms with Crippen LogP contribution in [0.5, 0.6) is 0 Å². The molecule has 0 fully saturated rings. The monoisotopic (exact) mass is 346 g/mol. The van der Waals surface area contributed by atoms with Gasteiger partial charge >= 0.3 is 5.97 Å². The van der Waals surface area contributed by atoms with Crippen molar-refractivity contribution in [2.24, 2.45) is 0 Å². The molecular formula is C10H8Br2N2O2. The van der Waals surface area contributed by atoms with Crippen LogP contribution in [0.1, 0.15) is 17.4 Å². The molecule has 0 aliphatic rings. The van der Waals surface area contributed by atoms with Crippen molar-refractivity contribution in [3.63, 3.8) is 0 Å². The molecule has 1 aromatic heterocycles. The van der Waals surface area contributed by atoms with E-state index in [9.17, 15) is 4.79 Å². The van der Waals surface area contributed by atoms with Gasteiger partial charge in [0.15, 0.2) is 5.69 Å². The molecular weight excluding hydrogens is 340 g/mol. The van der Waals surface area contributed by atoms with Crippen LogP contribution < -0.4 is 0 Å². The van der Waals surface area contributed by atoms with Crippen molar-refractivity contribution in [2.45, 2.75) is 6.92 Å². The summed E-state index contributed by atoms with van der Waals surface area (Å²) < 4.78 is 6.63. The van der Waals surface area contributed by atoms with E-state index in [-0.39, 0.29) is 0 Å². The second kappa shape index (κ2) is 4.55. The molecule has 4 nitrogen and oxygen atoms in total. The summed E-state index contributed by atoms with van der Waals surface area (Å²) in [4.78, 5) is 11.6. The number of benzene rings is 1. The van der Waals surface area contributed by atoms with Crippen LogP contribution in [0.15, 0.2) is 21.1 Å². The van der Waals surface area contributed by atoms with Crippen molar-refractivity contribution in [2.75, 3.05) is 6.61 Å². The molecule has 16 heavy (non-hydrogen) atoms. The highest BCUT2D eigenvalue weighted by Crippen LogP contribution is 2.29. The molecule has 0 atom stereocenters. The molecule has 1 heterocycles. The lowest BCUT2D eigenvalue weighted by atomic mass is 10.2. The highest BCUT2D eigenvalue weighted by Gasteiger charge is 2.16. The number of nitrogens with zero attached hydrogens (tertiary/aromatic N) is 1. The van der Waals surface area contributed by atoms with Crippen LogP contribution in [0.2, 0.25) is 0 Å². The Balaban J connectivity index is 2.60. The van der Waals surface area contributed by atoms with E-state index in [1.165, 1.54) is 0 Å². The van der Waals surface area contributed by atoms with Crippen LogP contribution in [0.4, 0.5) is 0 Å². The Morgan fingerprint density at radius 3 is 2.94 bits per heavy atom. The Bertz CT molecular complexity index is 551. The fourth-order valence-electron chi connectivity index (χ4n) is 1.40. The number of esters is 1. The van der Waals surface area contributed by atoms with E-state index in [1.54, 1.807) is 6.92 Å². The van der Waals surface area contributed by atoms with Crippen molar-refractivity contribution < 1.29 is 9.53 Å². The smallest absolute Gasteiger partial charge is 0.356 e. The van der Waals surface area contributed by atoms with E-state index in [0.29, 0.717) is 17.8 Å². The zero-order valence-electron chi connectivity index (χ0n) is 8.38. The highest BCUT2D eigenvalue weighted by atomic mass is 79.9. The van der Waals surface area contributed by atoms with Gasteiger partial charge in [0.2, 0.25) is 0 Å². The lowest BCUT2D eigenvalue weighted by Crippen LogP contribution is -2.05. The molecule has 2 aromatic rings. The second-order valence-corrected chi connectivity index (χ2v) is 4.87. The minimum Gasteiger partial charge on any atom is -0.461 e. The van der Waals surface area contributed by atoms with Crippen molar-refractivity contribution in [3.8, 4) is 0 Å². The largest absolute Gasteiger partial charge is 0.461 e. The standard InChI is InChI=1S/C10H8Br2N2O2/c1-2-16-10(15)9-6-3-5(11)4-7(12)8(6)13-14-9/h3-4H,2H2,1H3,(H,13,14). The second-order valence-electron chi connectivity index (χ2n) is 3.10. The third-order valence-corrected chi connectivity index (χ3v) is 3.12. The Morgan fingerprint density at radius 1 is 1.50 bits per heavy atom. The average Bonchev–Trinajstić information content (AvgIpc) is 2.61. The number of hydrogen-bond donors (Lipinski definition) is 1. The lowest BCUT2D eigenvalue weighted by Gasteiger charge is -1.99. The fourth-order valence-corrected chi connectivity index (χ4v) is 2.71. The summed E-state index contributed by atoms with van der Waals surface area (Å²) >= 11 is 6.75. The molecule has 0 aliphatic carbocycles. The van der Waals surface area contributed by atoms with Crippen molar-refractivity contribution in [3.05, 3.63) is 26.8 Å². The number of rotatable bonds is 2. The van der Waals surface area contributed by atoms with Gasteiger partial charge in [-0.2, -0.15) is 5.10 Å². The molecule has 2 rings (SSSR count). The maximum atomic E-state index is 11.6. The number of carbonyl (C=O) groups excluding carboxylic acids is 1. The van der Waals surface area contributed by atoms with Gasteiger partial charge in [-0.1, -0.05) is 15.9 Å². The molecule has 6 heteroatoms. The van der Waals surface area contributed by atoms with E-state index in [4.69, 9.17) is 4.74 Å². The summed E-state index contributed by atoms with van der Waals surface area (Å²) in [5.74, 6) is -0.394. The van der Waals surface area contributed by atoms with Crippen LogP contribution in [0.25, 0.3) is 10.9 Å². The molecule has 0 saturated carbocycles. The fraction of sp³-hybridized carbons (Fsp3) is 0.200. The summed E-state index contributed by atoms with van der Waals surface area (Å²) in [7, 11) is 0. The van der Waals surface area contributed by atoms with Crippen LogP contribution in [0, 0.1) is 0 Å². The zero-order chi connectivity index (χ0) is 11.7. The summed E-state index contributed by atoms with van der Waals surface area (Å²) in [5, 5.41) is 7.50. The number of carbonyl (C=O) groups is 1. The van der Waals surface area contributed by atoms with Crippen LogP contribution in [-0.4, -0.2) is 22.8 Å². The van der Waals surface area contributed by atoms with Crippen molar-refractivity contribution >= 4 is 48.7 Å². The van der Waals surface area contributed by atoms with Crippen molar-refractivity contribution in [1.82, 2.24) is 10.2 Å². The Morgan fingerprint density at radius 2 is 2.25 bits per heavy atom. The number of H-pyrrole nitrogens is 1. The van der Waals surface area contributed by atoms with Crippen LogP contribution in [0.3, 0.4) is 0 Å². The zero-order valence-corrected chi connectivity index (χ0v) is 11.6. The number of ether oxygens (including phenoxy) is 1. The predicted octanol–water partition coefficient (Wildman–Crippen LogP) is 3.26. The van der Waals surface area contributed by atoms with Gasteiger partial charge in [-0.3, -0.25) is 5.10 Å². The maximum absolute atomic E-state index is 11.6. The third kappa shape index (κ3) is 1.99. The number of aromatic amines is 1. The summed E-state index contributed by atoms with van der Waals surface area (Å²) in [6, 6.07) is 3.70. The summed E-state index contributed by atoms with van der Waals surface area (Å²) in [5.41, 5.74) is 1.09. The number of halogens is 2. The van der Waals surface area contributed by atoms with E-state index in [1.807, 2.05) is 12.1 Å². The Kier molecular flexibility index (Phi) is 3.30. The van der Waals surface area contributed by atoms with E-state index in [2.05, 4.69) is 42.1 Å². The first-order chi connectivity index (χ1) is 7.63. The van der Waals surface area contributed by atoms with Gasteiger partial charge < -0.3 is 4.74 Å². The van der Waals surface area contributed by atoms with Gasteiger partial charge in [0.05, 0.1) is 6.61 Å². The molecule has 1 aromatic carbocycles. The molecule has 0 bridgehead atoms. The van der Waals surface area contributed by atoms with Gasteiger partial charge in [-0.25, -0.2) is 4.79 Å². The normalized spacial score (nSPS) is 10.7. The Labute approximate surface area is 109 Å². The molecule has 0 spiro atoms. The van der Waals surface area contributed by atoms with Gasteiger partial charge in [-0.05, 0) is 35.0 Å². The van der Waals surface area contributed by atoms with Gasteiger partial charge in [0.25, 0.3) is 0 Å². The minimum absolute atomic E-state index is 0.342. The van der Waals surface area contributed by atoms with Crippen LogP contribution >= 0.6 is 31.9 Å². The Hall–Kier alpha value is -0.880. The molecule has 1 N–H and O–H groups in total. The number of aromatic nitrogens is 2. The van der Waals surface area contributed by atoms with Crippen molar-refractivity contribution in [1.29, 1.82) is 0 Å². The predicted molar refractivity (Wildman–Crippen MR) is 67.5 cm³/mol. The van der Waals surface area contributed by atoms with E-state index < -0.39 is 5.97 Å². The third-order valence-electron chi connectivity index (χ3n) is 2.06. The average molecular weight is 348 g/mol. The summed E-state index contributed by atoms with van der Waals surface area (Å²) in [6.07, 6.45) is 0. The van der Waals surface area contributed by atoms with Gasteiger partial charge in [0, 0.05) is 14.3 Å². The lowest BCUT2D eigenvalue weighted by molar-refractivity contribution is 0.0521. The van der Waals surface area contributed by atoms with E-state index >= 15 is 0 Å². The first kappa shape index (κ1) is 11.6. The molecule has 0 saturated heterocycles. The molecule has 0 unspecified atom stereocenters. The van der Waals surface area contributed by atoms with Gasteiger partial charge in [-0.15, -0.1) is 0 Å². The first-order valence-electron chi connectivity index (χ1n) is 4.63. The maximum Gasteiger partial charge on any atom is 0.356 e. The first-order valence-corrected chi connectivity index (χ1v) is 6.22. The number of fused-ring (bicyclic) bond motifs is 1. The van der Waals surface area contributed by atoms with Crippen LogP contribution in [-0.2, 0) is 4.74 Å². The SMILES string of the molecule is CCOC(=O)c1[nH]nc2c(Br)cc(Br)cc12. The molecule has 0 radical (unpaired) electrons. The van der Waals surface area contributed by atoms with Gasteiger partial charge in [0.1, 0.15) is 5.52 Å².